The van der Waals surface area contributed by atoms with E-state index in [2.05, 4.69) is 0 Å². The van der Waals surface area contributed by atoms with Crippen molar-refractivity contribution in [3.63, 3.8) is 0 Å². The summed E-state index contributed by atoms with van der Waals surface area (Å²) >= 11 is 0. The van der Waals surface area contributed by atoms with Crippen LogP contribution in [0.15, 0.2) is 0 Å². The van der Waals surface area contributed by atoms with E-state index in [0.717, 1.165) is 0 Å². The van der Waals surface area contributed by atoms with E-state index in [1.165, 1.54) is 26.0 Å². The molecule has 1 rings (SSSR count). The zero-order chi connectivity index (χ0) is 15.4. The van der Waals surface area contributed by atoms with Gasteiger partial charge in [-0.3, -0.25) is 0 Å². The molecule has 0 radical (unpaired) electrons. The molecule has 1 aromatic rings. The van der Waals surface area contributed by atoms with Crippen molar-refractivity contribution in [1.29, 1.82) is 21.0 Å². The third-order valence-electron chi connectivity index (χ3n) is 2.69. The van der Waals surface area contributed by atoms with E-state index in [-0.39, 0.29) is 11.1 Å². The van der Waals surface area contributed by atoms with Crippen molar-refractivity contribution in [2.45, 2.75) is 13.8 Å². The van der Waals surface area contributed by atoms with E-state index >= 15 is 0 Å². The molecule has 0 N–H and O–H groups in total. The first kappa shape index (κ1) is 14.8. The third kappa shape index (κ3) is 2.07. The Bertz CT molecular complexity index is 809. The zero-order valence-corrected chi connectivity index (χ0v) is 10.5. The fourth-order valence-corrected chi connectivity index (χ4v) is 1.71. The van der Waals surface area contributed by atoms with Crippen LogP contribution >= 0.6 is 0 Å². The van der Waals surface area contributed by atoms with E-state index in [1.54, 1.807) is 12.1 Å². The van der Waals surface area contributed by atoms with Crippen LogP contribution in [0.4, 0.5) is 8.78 Å². The molecule has 0 bridgehead atoms. The van der Waals surface area contributed by atoms with Crippen LogP contribution in [0.2, 0.25) is 0 Å². The van der Waals surface area contributed by atoms with E-state index in [0.29, 0.717) is 0 Å². The van der Waals surface area contributed by atoms with Gasteiger partial charge in [0.1, 0.15) is 12.1 Å². The quantitative estimate of drug-likeness (QED) is 0.703. The van der Waals surface area contributed by atoms with Crippen LogP contribution in [0, 0.1) is 57.0 Å². The minimum Gasteiger partial charge on any atom is -0.205 e. The van der Waals surface area contributed by atoms with Crippen LogP contribution in [-0.2, 0) is 0 Å². The van der Waals surface area contributed by atoms with Crippen molar-refractivity contribution in [2.75, 3.05) is 0 Å². The second kappa shape index (κ2) is 5.61. The highest BCUT2D eigenvalue weighted by Gasteiger charge is 2.20. The molecule has 0 heterocycles. The van der Waals surface area contributed by atoms with Crippen molar-refractivity contribution in [3.8, 4) is 24.3 Å². The Labute approximate surface area is 113 Å². The van der Waals surface area contributed by atoms with Crippen molar-refractivity contribution in [3.05, 3.63) is 33.2 Å². The van der Waals surface area contributed by atoms with Crippen molar-refractivity contribution >= 4 is 11.1 Å². The summed E-state index contributed by atoms with van der Waals surface area (Å²) in [4.78, 5) is 0. The predicted molar refractivity (Wildman–Crippen MR) is 64.4 cm³/mol. The van der Waals surface area contributed by atoms with Gasteiger partial charge in [0.25, 0.3) is 0 Å². The summed E-state index contributed by atoms with van der Waals surface area (Å²) in [5.74, 6) is -2.34. The third-order valence-corrected chi connectivity index (χ3v) is 2.69. The van der Waals surface area contributed by atoms with Crippen molar-refractivity contribution in [2.24, 2.45) is 0 Å². The minimum absolute atomic E-state index is 0.226. The first-order chi connectivity index (χ1) is 9.44. The SMILES string of the molecule is C/C(C#N)=c1\c(F)c(C#N)/c(=C(/C)C#N)c(F)c1C#N. The van der Waals surface area contributed by atoms with Crippen LogP contribution in [0.25, 0.3) is 11.1 Å². The van der Waals surface area contributed by atoms with Crippen LogP contribution in [-0.4, -0.2) is 0 Å². The molecule has 0 amide bonds. The molecular formula is C14H6F2N4. The molecule has 20 heavy (non-hydrogen) atoms. The summed E-state index contributed by atoms with van der Waals surface area (Å²) in [5.41, 5.74) is -1.83. The van der Waals surface area contributed by atoms with Gasteiger partial charge in [-0.05, 0) is 13.8 Å². The van der Waals surface area contributed by atoms with E-state index in [9.17, 15) is 8.78 Å². The molecule has 0 fully saturated rings. The standard InChI is InChI=1S/C14H6F2N4/c1-7(3-17)11-9(5-19)14(16)12(8(2)4-18)10(6-20)13(11)15/h1-2H3/b11-7+,12-8+. The number of halogens is 2. The first-order valence-electron chi connectivity index (χ1n) is 5.27. The van der Waals surface area contributed by atoms with Gasteiger partial charge in [-0.15, -0.1) is 0 Å². The average molecular weight is 268 g/mol. The lowest BCUT2D eigenvalue weighted by molar-refractivity contribution is 0.577. The highest BCUT2D eigenvalue weighted by atomic mass is 19.1. The summed E-state index contributed by atoms with van der Waals surface area (Å²) in [6.07, 6.45) is 0. The molecule has 0 unspecified atom stereocenters. The molecule has 4 nitrogen and oxygen atoms in total. The van der Waals surface area contributed by atoms with Crippen LogP contribution in [0.1, 0.15) is 25.0 Å². The van der Waals surface area contributed by atoms with Gasteiger partial charge >= 0.3 is 0 Å². The number of nitrogens with zero attached hydrogens (tertiary/aromatic N) is 4. The van der Waals surface area contributed by atoms with Crippen LogP contribution < -0.4 is 10.4 Å². The lowest BCUT2D eigenvalue weighted by Gasteiger charge is -2.04. The van der Waals surface area contributed by atoms with Gasteiger partial charge in [0.15, 0.2) is 11.6 Å². The molecule has 0 aliphatic rings. The monoisotopic (exact) mass is 268 g/mol. The average Bonchev–Trinajstić information content (AvgIpc) is 2.46. The van der Waals surface area contributed by atoms with E-state index in [1.807, 2.05) is 0 Å². The normalized spacial score (nSPS) is 12.4. The Kier molecular flexibility index (Phi) is 4.17. The lowest BCUT2D eigenvalue weighted by Crippen LogP contribution is -2.29. The molecule has 0 saturated carbocycles. The second-order valence-electron chi connectivity index (χ2n) is 3.83. The summed E-state index contributed by atoms with van der Waals surface area (Å²) in [6.45, 7) is 2.42. The summed E-state index contributed by atoms with van der Waals surface area (Å²) < 4.78 is 28.5. The topological polar surface area (TPSA) is 95.2 Å². The van der Waals surface area contributed by atoms with Gasteiger partial charge in [-0.1, -0.05) is 0 Å². The summed E-state index contributed by atoms with van der Waals surface area (Å²) in [5, 5.41) is 34.4. The predicted octanol–water partition coefficient (Wildman–Crippen LogP) is 1.10. The number of nitriles is 4. The van der Waals surface area contributed by atoms with Crippen LogP contribution in [0.5, 0.6) is 0 Å². The molecule has 0 saturated heterocycles. The molecule has 0 aliphatic heterocycles. The van der Waals surface area contributed by atoms with Crippen molar-refractivity contribution in [1.82, 2.24) is 0 Å². The molecule has 1 aromatic carbocycles. The number of benzene rings is 1. The Balaban J connectivity index is 4.45. The number of hydrogen-bond acceptors (Lipinski definition) is 4. The molecule has 0 aromatic heterocycles. The molecule has 0 atom stereocenters. The smallest absolute Gasteiger partial charge is 0.151 e. The summed E-state index contributed by atoms with van der Waals surface area (Å²) in [7, 11) is 0. The molecule has 96 valence electrons. The lowest BCUT2D eigenvalue weighted by atomic mass is 9.99. The zero-order valence-electron chi connectivity index (χ0n) is 10.5. The van der Waals surface area contributed by atoms with Gasteiger partial charge in [0.05, 0.1) is 23.3 Å². The van der Waals surface area contributed by atoms with E-state index in [4.69, 9.17) is 21.0 Å². The minimum atomic E-state index is -1.17. The van der Waals surface area contributed by atoms with E-state index < -0.39 is 33.2 Å². The van der Waals surface area contributed by atoms with Gasteiger partial charge in [0.2, 0.25) is 0 Å². The van der Waals surface area contributed by atoms with Gasteiger partial charge < -0.3 is 0 Å². The number of hydrogen-bond donors (Lipinski definition) is 0. The molecule has 0 spiro atoms. The van der Waals surface area contributed by atoms with Gasteiger partial charge in [-0.25, -0.2) is 8.78 Å². The maximum absolute atomic E-state index is 14.3. The van der Waals surface area contributed by atoms with Crippen molar-refractivity contribution < 1.29 is 8.78 Å². The number of rotatable bonds is 0. The Hall–Kier alpha value is -3.22. The Morgan fingerprint density at radius 2 is 1.05 bits per heavy atom. The second-order valence-corrected chi connectivity index (χ2v) is 3.83. The summed E-state index contributed by atoms with van der Waals surface area (Å²) in [6, 6.07) is 6.17. The van der Waals surface area contributed by atoms with Gasteiger partial charge in [-0.2, -0.15) is 21.0 Å². The Morgan fingerprint density at radius 3 is 1.25 bits per heavy atom. The van der Waals surface area contributed by atoms with Crippen LogP contribution in [0.3, 0.4) is 0 Å². The largest absolute Gasteiger partial charge is 0.205 e. The fraction of sp³-hybridized carbons (Fsp3) is 0.143. The highest BCUT2D eigenvalue weighted by Crippen LogP contribution is 2.07. The molecular weight excluding hydrogens is 262 g/mol. The fourth-order valence-electron chi connectivity index (χ4n) is 1.71. The first-order valence-corrected chi connectivity index (χ1v) is 5.27. The van der Waals surface area contributed by atoms with Gasteiger partial charge in [0, 0.05) is 21.6 Å². The Morgan fingerprint density at radius 1 is 0.750 bits per heavy atom. The maximum Gasteiger partial charge on any atom is 0.151 e. The molecule has 6 heteroatoms. The highest BCUT2D eigenvalue weighted by molar-refractivity contribution is 5.66. The maximum atomic E-state index is 14.3. The molecule has 0 aliphatic carbocycles.